The maximum Gasteiger partial charge on any atom is 0.319 e. The number of hydrogen-bond donors (Lipinski definition) is 2. The number of amides is 2. The molecule has 2 amide bonds. The first-order valence-corrected chi connectivity index (χ1v) is 7.98. The molecule has 6 nitrogen and oxygen atoms in total. The van der Waals surface area contributed by atoms with Crippen LogP contribution in [0.4, 0.5) is 10.5 Å². The Hall–Kier alpha value is -3.28. The number of nitrogens with zero attached hydrogens (tertiary/aromatic N) is 2. The van der Waals surface area contributed by atoms with Gasteiger partial charge >= 0.3 is 6.03 Å². The van der Waals surface area contributed by atoms with Crippen LogP contribution in [-0.2, 0) is 13.1 Å². The van der Waals surface area contributed by atoms with Gasteiger partial charge < -0.3 is 15.4 Å². The van der Waals surface area contributed by atoms with Gasteiger partial charge in [0, 0.05) is 24.6 Å². The Labute approximate surface area is 146 Å². The van der Waals surface area contributed by atoms with Gasteiger partial charge in [-0.2, -0.15) is 5.10 Å². The summed E-state index contributed by atoms with van der Waals surface area (Å²) in [5, 5.41) is 9.96. The van der Waals surface area contributed by atoms with Gasteiger partial charge in [0.2, 0.25) is 0 Å². The number of aromatic nitrogens is 2. The summed E-state index contributed by atoms with van der Waals surface area (Å²) in [5.74, 6) is 0.768. The molecule has 0 saturated carbocycles. The van der Waals surface area contributed by atoms with Crippen LogP contribution in [0.1, 0.15) is 11.1 Å². The number of nitrogens with one attached hydrogen (secondary N) is 2. The molecule has 0 saturated heterocycles. The van der Waals surface area contributed by atoms with Crippen LogP contribution in [-0.4, -0.2) is 22.9 Å². The molecule has 2 aromatic carbocycles. The van der Waals surface area contributed by atoms with Crippen molar-refractivity contribution in [2.24, 2.45) is 0 Å². The fourth-order valence-corrected chi connectivity index (χ4v) is 2.48. The predicted molar refractivity (Wildman–Crippen MR) is 96.6 cm³/mol. The van der Waals surface area contributed by atoms with Crippen molar-refractivity contribution >= 4 is 11.7 Å². The Bertz CT molecular complexity index is 831. The summed E-state index contributed by atoms with van der Waals surface area (Å²) in [6.45, 7) is 1.02. The monoisotopic (exact) mass is 336 g/mol. The van der Waals surface area contributed by atoms with Crippen molar-refractivity contribution in [3.05, 3.63) is 78.1 Å². The van der Waals surface area contributed by atoms with Gasteiger partial charge in [0.1, 0.15) is 5.75 Å². The van der Waals surface area contributed by atoms with E-state index in [0.29, 0.717) is 13.1 Å². The Morgan fingerprint density at radius 3 is 2.84 bits per heavy atom. The molecule has 1 heterocycles. The van der Waals surface area contributed by atoms with Crippen molar-refractivity contribution in [1.82, 2.24) is 15.1 Å². The molecule has 0 aliphatic rings. The summed E-state index contributed by atoms with van der Waals surface area (Å²) in [5.41, 5.74) is 2.73. The lowest BCUT2D eigenvalue weighted by Gasteiger charge is -2.12. The highest BCUT2D eigenvalue weighted by Gasteiger charge is 2.07. The highest BCUT2D eigenvalue weighted by atomic mass is 16.5. The summed E-state index contributed by atoms with van der Waals surface area (Å²) in [6.07, 6.45) is 3.62. The third kappa shape index (κ3) is 4.60. The van der Waals surface area contributed by atoms with Crippen molar-refractivity contribution in [2.45, 2.75) is 13.1 Å². The second-order valence-corrected chi connectivity index (χ2v) is 5.52. The number of carbonyl (C=O) groups excluding carboxylic acids is 1. The molecular weight excluding hydrogens is 316 g/mol. The van der Waals surface area contributed by atoms with Gasteiger partial charge in [-0.3, -0.25) is 4.68 Å². The molecule has 0 atom stereocenters. The molecule has 6 heteroatoms. The van der Waals surface area contributed by atoms with Gasteiger partial charge in [0.05, 0.1) is 13.7 Å². The van der Waals surface area contributed by atoms with E-state index in [2.05, 4.69) is 15.7 Å². The lowest BCUT2D eigenvalue weighted by Crippen LogP contribution is -2.28. The molecule has 0 radical (unpaired) electrons. The molecule has 0 aliphatic heterocycles. The van der Waals surface area contributed by atoms with Gasteiger partial charge in [-0.25, -0.2) is 4.79 Å². The SMILES string of the molecule is COc1cccc(CNC(=O)Nc2ccccc2Cn2cccn2)c1. The van der Waals surface area contributed by atoms with E-state index in [0.717, 1.165) is 22.6 Å². The molecule has 0 bridgehead atoms. The van der Waals surface area contributed by atoms with E-state index in [-0.39, 0.29) is 6.03 Å². The minimum Gasteiger partial charge on any atom is -0.497 e. The molecule has 2 N–H and O–H groups in total. The van der Waals surface area contributed by atoms with Gasteiger partial charge in [-0.05, 0) is 35.4 Å². The summed E-state index contributed by atoms with van der Waals surface area (Å²) in [4.78, 5) is 12.2. The third-order valence-electron chi connectivity index (χ3n) is 3.74. The van der Waals surface area contributed by atoms with Crippen LogP contribution in [0.3, 0.4) is 0 Å². The van der Waals surface area contributed by atoms with Crippen molar-refractivity contribution < 1.29 is 9.53 Å². The first kappa shape index (κ1) is 16.6. The predicted octanol–water partition coefficient (Wildman–Crippen LogP) is 3.26. The number of ether oxygens (including phenoxy) is 1. The van der Waals surface area contributed by atoms with Crippen molar-refractivity contribution in [3.8, 4) is 5.75 Å². The van der Waals surface area contributed by atoms with Crippen molar-refractivity contribution in [3.63, 3.8) is 0 Å². The minimum absolute atomic E-state index is 0.254. The van der Waals surface area contributed by atoms with Crippen LogP contribution in [0, 0.1) is 0 Å². The zero-order valence-corrected chi connectivity index (χ0v) is 14.0. The Morgan fingerprint density at radius 2 is 2.04 bits per heavy atom. The molecule has 25 heavy (non-hydrogen) atoms. The second kappa shape index (κ2) is 8.01. The topological polar surface area (TPSA) is 68.2 Å². The van der Waals surface area contributed by atoms with E-state index in [1.54, 1.807) is 13.3 Å². The summed E-state index contributed by atoms with van der Waals surface area (Å²) in [7, 11) is 1.62. The number of urea groups is 1. The van der Waals surface area contributed by atoms with Gasteiger partial charge in [0.15, 0.2) is 0 Å². The Morgan fingerprint density at radius 1 is 1.16 bits per heavy atom. The second-order valence-electron chi connectivity index (χ2n) is 5.52. The first-order chi connectivity index (χ1) is 12.2. The van der Waals surface area contributed by atoms with Crippen molar-refractivity contribution in [1.29, 1.82) is 0 Å². The number of methoxy groups -OCH3 is 1. The van der Waals surface area contributed by atoms with E-state index >= 15 is 0 Å². The van der Waals surface area contributed by atoms with E-state index in [9.17, 15) is 4.79 Å². The number of anilines is 1. The zero-order chi connectivity index (χ0) is 17.5. The maximum atomic E-state index is 12.2. The van der Waals surface area contributed by atoms with E-state index in [1.165, 1.54) is 0 Å². The van der Waals surface area contributed by atoms with Crippen LogP contribution < -0.4 is 15.4 Å². The van der Waals surface area contributed by atoms with Gasteiger partial charge in [0.25, 0.3) is 0 Å². The summed E-state index contributed by atoms with van der Waals surface area (Å²) >= 11 is 0. The molecule has 3 aromatic rings. The molecule has 3 rings (SSSR count). The van der Waals surface area contributed by atoms with Gasteiger partial charge in [-0.1, -0.05) is 30.3 Å². The Balaban J connectivity index is 1.61. The third-order valence-corrected chi connectivity index (χ3v) is 3.74. The number of benzene rings is 2. The van der Waals surface area contributed by atoms with Crippen LogP contribution >= 0.6 is 0 Å². The van der Waals surface area contributed by atoms with Gasteiger partial charge in [-0.15, -0.1) is 0 Å². The molecule has 0 spiro atoms. The lowest BCUT2D eigenvalue weighted by molar-refractivity contribution is 0.251. The number of rotatable bonds is 6. The average Bonchev–Trinajstić information content (AvgIpc) is 3.15. The fraction of sp³-hybridized carbons (Fsp3) is 0.158. The normalized spacial score (nSPS) is 10.3. The molecule has 1 aromatic heterocycles. The highest BCUT2D eigenvalue weighted by Crippen LogP contribution is 2.16. The highest BCUT2D eigenvalue weighted by molar-refractivity contribution is 5.90. The van der Waals surface area contributed by atoms with Crippen molar-refractivity contribution in [2.75, 3.05) is 12.4 Å². The molecule has 0 aliphatic carbocycles. The van der Waals surface area contributed by atoms with Crippen LogP contribution in [0.25, 0.3) is 0 Å². The smallest absolute Gasteiger partial charge is 0.319 e. The Kier molecular flexibility index (Phi) is 5.31. The quantitative estimate of drug-likeness (QED) is 0.726. The van der Waals surface area contributed by atoms with E-state index in [1.807, 2.05) is 65.5 Å². The standard InChI is InChI=1S/C19H20N4O2/c1-25-17-8-4-6-15(12-17)13-20-19(24)22-18-9-3-2-7-16(18)14-23-11-5-10-21-23/h2-12H,13-14H2,1H3,(H2,20,22,24). The largest absolute Gasteiger partial charge is 0.497 e. The number of carbonyl (C=O) groups is 1. The summed E-state index contributed by atoms with van der Waals surface area (Å²) in [6, 6.07) is 16.9. The molecule has 128 valence electrons. The molecular formula is C19H20N4O2. The fourth-order valence-electron chi connectivity index (χ4n) is 2.48. The zero-order valence-electron chi connectivity index (χ0n) is 14.0. The van der Waals surface area contributed by atoms with Crippen LogP contribution in [0.5, 0.6) is 5.75 Å². The maximum absolute atomic E-state index is 12.2. The summed E-state index contributed by atoms with van der Waals surface area (Å²) < 4.78 is 7.00. The number of hydrogen-bond acceptors (Lipinski definition) is 3. The van der Waals surface area contributed by atoms with E-state index < -0.39 is 0 Å². The number of para-hydroxylation sites is 1. The van der Waals surface area contributed by atoms with E-state index in [4.69, 9.17) is 4.74 Å². The van der Waals surface area contributed by atoms with Crippen LogP contribution in [0.2, 0.25) is 0 Å². The molecule has 0 unspecified atom stereocenters. The van der Waals surface area contributed by atoms with Crippen LogP contribution in [0.15, 0.2) is 67.0 Å². The molecule has 0 fully saturated rings. The lowest BCUT2D eigenvalue weighted by atomic mass is 10.2. The average molecular weight is 336 g/mol. The first-order valence-electron chi connectivity index (χ1n) is 7.98. The minimum atomic E-state index is -0.254.